The lowest BCUT2D eigenvalue weighted by Crippen LogP contribution is -2.41. The molecule has 0 saturated heterocycles. The lowest BCUT2D eigenvalue weighted by molar-refractivity contribution is 0.0670. The Morgan fingerprint density at radius 2 is 1.66 bits per heavy atom. The van der Waals surface area contributed by atoms with Gasteiger partial charge in [-0.15, -0.1) is 0 Å². The fourth-order valence-corrected chi connectivity index (χ4v) is 5.93. The van der Waals surface area contributed by atoms with E-state index < -0.39 is 0 Å². The molecule has 2 heterocycles. The number of pyridine rings is 1. The first-order chi connectivity index (χ1) is 19.9. The summed E-state index contributed by atoms with van der Waals surface area (Å²) >= 11 is 10.0. The highest BCUT2D eigenvalue weighted by Crippen LogP contribution is 2.36. The highest BCUT2D eigenvalue weighted by molar-refractivity contribution is 9.10. The van der Waals surface area contributed by atoms with Crippen molar-refractivity contribution < 1.29 is 19.0 Å². The summed E-state index contributed by atoms with van der Waals surface area (Å²) in [5.74, 6) is 2.77. The number of carbonyl (C=O) groups excluding carboxylic acids is 1. The number of benzene rings is 2. The number of halogens is 2. The Kier molecular flexibility index (Phi) is 9.09. The van der Waals surface area contributed by atoms with E-state index in [1.165, 1.54) is 0 Å². The zero-order chi connectivity index (χ0) is 28.9. The van der Waals surface area contributed by atoms with Gasteiger partial charge < -0.3 is 19.1 Å². The van der Waals surface area contributed by atoms with Crippen molar-refractivity contribution in [2.75, 3.05) is 27.9 Å². The summed E-state index contributed by atoms with van der Waals surface area (Å²) in [6.07, 6.45) is 7.51. The molecule has 0 aliphatic heterocycles. The van der Waals surface area contributed by atoms with Gasteiger partial charge in [0, 0.05) is 40.6 Å². The van der Waals surface area contributed by atoms with E-state index in [1.54, 1.807) is 45.9 Å². The maximum atomic E-state index is 14.1. The van der Waals surface area contributed by atoms with Crippen LogP contribution in [0.25, 0.3) is 22.8 Å². The second-order valence-corrected chi connectivity index (χ2v) is 11.0. The van der Waals surface area contributed by atoms with Crippen molar-refractivity contribution >= 4 is 33.4 Å². The van der Waals surface area contributed by atoms with Gasteiger partial charge in [-0.2, -0.15) is 5.10 Å². The molecule has 41 heavy (non-hydrogen) atoms. The molecule has 2 aromatic carbocycles. The van der Waals surface area contributed by atoms with Crippen LogP contribution in [0.2, 0.25) is 5.02 Å². The predicted octanol–water partition coefficient (Wildman–Crippen LogP) is 6.53. The summed E-state index contributed by atoms with van der Waals surface area (Å²) in [5.41, 5.74) is 2.16. The van der Waals surface area contributed by atoms with Gasteiger partial charge in [0.2, 0.25) is 0 Å². The summed E-state index contributed by atoms with van der Waals surface area (Å²) in [7, 11) is 4.71. The molecule has 0 atom stereocenters. The van der Waals surface area contributed by atoms with Gasteiger partial charge in [-0.05, 0) is 71.2 Å². The lowest BCUT2D eigenvalue weighted by atomic mass is 10.1. The molecule has 0 N–H and O–H groups in total. The number of methoxy groups -OCH3 is 3. The second-order valence-electron chi connectivity index (χ2n) is 9.69. The van der Waals surface area contributed by atoms with Crippen LogP contribution in [-0.4, -0.2) is 64.5 Å². The predicted molar refractivity (Wildman–Crippen MR) is 161 cm³/mol. The molecule has 2 aromatic heterocycles. The van der Waals surface area contributed by atoms with Gasteiger partial charge >= 0.3 is 0 Å². The van der Waals surface area contributed by atoms with Crippen molar-refractivity contribution in [3.63, 3.8) is 0 Å². The fourth-order valence-electron chi connectivity index (χ4n) is 5.18. The van der Waals surface area contributed by atoms with Gasteiger partial charge in [-0.1, -0.05) is 24.4 Å². The third-order valence-corrected chi connectivity index (χ3v) is 8.25. The summed E-state index contributed by atoms with van der Waals surface area (Å²) in [5, 5.41) is 5.32. The molecule has 9 nitrogen and oxygen atoms in total. The fraction of sp³-hybridized carbons (Fsp3) is 0.333. The number of nitrogens with zero attached hydrogens (tertiary/aromatic N) is 5. The van der Waals surface area contributed by atoms with E-state index >= 15 is 0 Å². The van der Waals surface area contributed by atoms with Crippen molar-refractivity contribution in [3.05, 3.63) is 69.9 Å². The highest BCUT2D eigenvalue weighted by atomic mass is 79.9. The maximum Gasteiger partial charge on any atom is 0.255 e. The molecule has 1 fully saturated rings. The average Bonchev–Trinajstić information content (AvgIpc) is 3.68. The average molecular weight is 641 g/mol. The minimum Gasteiger partial charge on any atom is -0.495 e. The third-order valence-electron chi connectivity index (χ3n) is 7.30. The van der Waals surface area contributed by atoms with Gasteiger partial charge in [0.15, 0.2) is 23.1 Å². The first-order valence-corrected chi connectivity index (χ1v) is 14.5. The SMILES string of the molecule is COc1ccc(-c2nc(-c3ccncc3)nn2CCN(C(=O)c2cc(OC)c(OC)cc2Br)C2CCCC2)cc1Cl. The zero-order valence-electron chi connectivity index (χ0n) is 23.1. The van der Waals surface area contributed by atoms with Crippen LogP contribution >= 0.6 is 27.5 Å². The molecule has 0 bridgehead atoms. The largest absolute Gasteiger partial charge is 0.495 e. The number of hydrogen-bond acceptors (Lipinski definition) is 7. The van der Waals surface area contributed by atoms with E-state index in [4.69, 9.17) is 35.9 Å². The van der Waals surface area contributed by atoms with E-state index in [9.17, 15) is 4.79 Å². The Hall–Kier alpha value is -3.63. The third kappa shape index (κ3) is 6.18. The van der Waals surface area contributed by atoms with Crippen LogP contribution in [0.4, 0.5) is 0 Å². The number of aromatic nitrogens is 4. The number of amides is 1. The lowest BCUT2D eigenvalue weighted by Gasteiger charge is -2.30. The quantitative estimate of drug-likeness (QED) is 0.195. The Morgan fingerprint density at radius 3 is 2.32 bits per heavy atom. The van der Waals surface area contributed by atoms with Crippen molar-refractivity contribution in [1.29, 1.82) is 0 Å². The van der Waals surface area contributed by atoms with Crippen LogP contribution in [0.5, 0.6) is 17.2 Å². The molecule has 0 spiro atoms. The Labute approximate surface area is 252 Å². The molecule has 214 valence electrons. The topological polar surface area (TPSA) is 91.6 Å². The molecule has 11 heteroatoms. The van der Waals surface area contributed by atoms with E-state index in [0.29, 0.717) is 57.0 Å². The minimum absolute atomic E-state index is 0.0757. The normalized spacial score (nSPS) is 13.3. The van der Waals surface area contributed by atoms with Crippen molar-refractivity contribution in [2.24, 2.45) is 0 Å². The Bertz CT molecular complexity index is 1530. The number of hydrogen-bond donors (Lipinski definition) is 0. The Balaban J connectivity index is 1.50. The summed E-state index contributed by atoms with van der Waals surface area (Å²) in [4.78, 5) is 25.0. The van der Waals surface area contributed by atoms with Crippen LogP contribution in [0, 0.1) is 0 Å². The van der Waals surface area contributed by atoms with Gasteiger partial charge in [0.25, 0.3) is 5.91 Å². The van der Waals surface area contributed by atoms with Crippen LogP contribution in [-0.2, 0) is 6.54 Å². The van der Waals surface area contributed by atoms with E-state index in [2.05, 4.69) is 20.9 Å². The van der Waals surface area contributed by atoms with Crippen LogP contribution in [0.3, 0.4) is 0 Å². The monoisotopic (exact) mass is 639 g/mol. The molecular weight excluding hydrogens is 610 g/mol. The molecule has 1 aliphatic rings. The summed E-state index contributed by atoms with van der Waals surface area (Å²) in [6.45, 7) is 0.879. The first-order valence-electron chi connectivity index (χ1n) is 13.3. The molecule has 0 unspecified atom stereocenters. The number of rotatable bonds is 10. The van der Waals surface area contributed by atoms with E-state index in [-0.39, 0.29) is 11.9 Å². The van der Waals surface area contributed by atoms with E-state index in [0.717, 1.165) is 36.8 Å². The molecule has 1 aliphatic carbocycles. The van der Waals surface area contributed by atoms with Crippen molar-refractivity contribution in [1.82, 2.24) is 24.6 Å². The zero-order valence-corrected chi connectivity index (χ0v) is 25.5. The minimum atomic E-state index is -0.0757. The van der Waals surface area contributed by atoms with Gasteiger partial charge in [-0.3, -0.25) is 9.78 Å². The molecule has 1 saturated carbocycles. The molecule has 1 amide bonds. The van der Waals surface area contributed by atoms with Gasteiger partial charge in [0.1, 0.15) is 5.75 Å². The standard InChI is InChI=1S/C30H31BrClN5O4/c1-39-25-9-8-20(16-24(25)32)29-34-28(19-10-12-33-13-11-19)35-37(29)15-14-36(21-6-4-5-7-21)30(38)22-17-26(40-2)27(41-3)18-23(22)31/h8-13,16-18,21H,4-7,14-15H2,1-3H3. The molecule has 5 rings (SSSR count). The summed E-state index contributed by atoms with van der Waals surface area (Å²) < 4.78 is 18.7. The highest BCUT2D eigenvalue weighted by Gasteiger charge is 2.30. The molecule has 4 aromatic rings. The number of ether oxygens (including phenoxy) is 3. The second kappa shape index (κ2) is 12.9. The van der Waals surface area contributed by atoms with Crippen LogP contribution in [0.15, 0.2) is 59.3 Å². The smallest absolute Gasteiger partial charge is 0.255 e. The van der Waals surface area contributed by atoms with E-state index in [1.807, 2.05) is 39.9 Å². The van der Waals surface area contributed by atoms with Gasteiger partial charge in [-0.25, -0.2) is 9.67 Å². The van der Waals surface area contributed by atoms with Crippen LogP contribution in [0.1, 0.15) is 36.0 Å². The van der Waals surface area contributed by atoms with Gasteiger partial charge in [0.05, 0.1) is 38.5 Å². The summed E-state index contributed by atoms with van der Waals surface area (Å²) in [6, 6.07) is 12.9. The maximum absolute atomic E-state index is 14.1. The first kappa shape index (κ1) is 28.9. The number of carbonyl (C=O) groups is 1. The van der Waals surface area contributed by atoms with Crippen LogP contribution < -0.4 is 14.2 Å². The van der Waals surface area contributed by atoms with Crippen molar-refractivity contribution in [3.8, 4) is 40.0 Å². The molecular formula is C30H31BrClN5O4. The Morgan fingerprint density at radius 1 is 0.976 bits per heavy atom. The molecule has 0 radical (unpaired) electrons. The van der Waals surface area contributed by atoms with Crippen molar-refractivity contribution in [2.45, 2.75) is 38.3 Å².